The molecular formula is C19H17ClN6O2. The van der Waals surface area contributed by atoms with Gasteiger partial charge in [0.1, 0.15) is 11.9 Å². The van der Waals surface area contributed by atoms with Crippen LogP contribution in [0.15, 0.2) is 40.2 Å². The molecule has 0 saturated carbocycles. The second-order valence-corrected chi connectivity index (χ2v) is 7.15. The van der Waals surface area contributed by atoms with Crippen LogP contribution in [0.25, 0.3) is 11.2 Å². The summed E-state index contributed by atoms with van der Waals surface area (Å²) >= 11 is 6.27. The molecule has 1 fully saturated rings. The molecule has 0 aliphatic carbocycles. The van der Waals surface area contributed by atoms with E-state index in [1.807, 2.05) is 11.0 Å². The van der Waals surface area contributed by atoms with E-state index in [0.29, 0.717) is 53.5 Å². The minimum Gasteiger partial charge on any atom is -0.355 e. The molecule has 0 spiro atoms. The van der Waals surface area contributed by atoms with E-state index >= 15 is 0 Å². The fourth-order valence-corrected chi connectivity index (χ4v) is 3.97. The van der Waals surface area contributed by atoms with E-state index in [9.17, 15) is 9.59 Å². The number of hydrogen-bond acceptors (Lipinski definition) is 6. The number of anilines is 1. The highest BCUT2D eigenvalue weighted by Crippen LogP contribution is 2.30. The van der Waals surface area contributed by atoms with Gasteiger partial charge in [-0.1, -0.05) is 11.6 Å². The van der Waals surface area contributed by atoms with Crippen LogP contribution in [0.3, 0.4) is 0 Å². The van der Waals surface area contributed by atoms with E-state index in [2.05, 4.69) is 9.97 Å². The Kier molecular flexibility index (Phi) is 4.61. The molecule has 0 bridgehead atoms. The first kappa shape index (κ1) is 18.2. The van der Waals surface area contributed by atoms with Crippen molar-refractivity contribution in [1.29, 1.82) is 5.26 Å². The van der Waals surface area contributed by atoms with Crippen LogP contribution in [0.4, 0.5) is 5.82 Å². The molecule has 4 heterocycles. The van der Waals surface area contributed by atoms with E-state index in [4.69, 9.17) is 16.9 Å². The van der Waals surface area contributed by atoms with Crippen molar-refractivity contribution in [3.63, 3.8) is 0 Å². The molecule has 142 valence electrons. The smallest absolute Gasteiger partial charge is 0.318 e. The average Bonchev–Trinajstić information content (AvgIpc) is 2.73. The van der Waals surface area contributed by atoms with Crippen molar-refractivity contribution < 1.29 is 0 Å². The summed E-state index contributed by atoms with van der Waals surface area (Å²) in [6, 6.07) is 7.02. The van der Waals surface area contributed by atoms with E-state index in [1.165, 1.54) is 15.3 Å². The van der Waals surface area contributed by atoms with Crippen LogP contribution in [-0.2, 0) is 7.05 Å². The first-order valence-electron chi connectivity index (χ1n) is 8.88. The number of fused-ring (bicyclic) bond motifs is 1. The highest BCUT2D eigenvalue weighted by Gasteiger charge is 2.26. The standard InChI is InChI=1S/C19H17ClN6O2/c1-24-15-3-2-6-22-17(15)26(19(28)18(24)27)13-4-7-25(8-5-13)16-14(20)9-12(10-21)11-23-16/h2-3,6,9,11,13H,4-5,7-8H2,1H3. The lowest BCUT2D eigenvalue weighted by Gasteiger charge is -2.34. The maximum atomic E-state index is 12.7. The van der Waals surface area contributed by atoms with Gasteiger partial charge in [-0.2, -0.15) is 5.26 Å². The Morgan fingerprint density at radius 1 is 1.21 bits per heavy atom. The van der Waals surface area contributed by atoms with E-state index in [1.54, 1.807) is 31.4 Å². The molecule has 9 heteroatoms. The van der Waals surface area contributed by atoms with Crippen molar-refractivity contribution >= 4 is 28.6 Å². The zero-order valence-corrected chi connectivity index (χ0v) is 15.9. The molecule has 3 aromatic heterocycles. The zero-order valence-electron chi connectivity index (χ0n) is 15.2. The maximum Gasteiger partial charge on any atom is 0.318 e. The van der Waals surface area contributed by atoms with Crippen molar-refractivity contribution in [2.75, 3.05) is 18.0 Å². The van der Waals surface area contributed by atoms with Gasteiger partial charge >= 0.3 is 11.1 Å². The molecule has 1 aliphatic heterocycles. The molecule has 3 aromatic rings. The van der Waals surface area contributed by atoms with E-state index in [-0.39, 0.29) is 6.04 Å². The van der Waals surface area contributed by atoms with E-state index in [0.717, 1.165) is 0 Å². The minimum absolute atomic E-state index is 0.132. The van der Waals surface area contributed by atoms with Crippen molar-refractivity contribution in [1.82, 2.24) is 19.1 Å². The maximum absolute atomic E-state index is 12.7. The first-order chi connectivity index (χ1) is 13.5. The Balaban J connectivity index is 1.66. The molecular weight excluding hydrogens is 380 g/mol. The molecule has 4 rings (SSSR count). The zero-order chi connectivity index (χ0) is 19.8. The number of rotatable bonds is 2. The third kappa shape index (κ3) is 2.94. The molecule has 1 saturated heterocycles. The van der Waals surface area contributed by atoms with Crippen molar-refractivity contribution in [3.8, 4) is 6.07 Å². The molecule has 28 heavy (non-hydrogen) atoms. The van der Waals surface area contributed by atoms with Gasteiger partial charge in [0.25, 0.3) is 0 Å². The van der Waals surface area contributed by atoms with Crippen LogP contribution in [0, 0.1) is 11.3 Å². The van der Waals surface area contributed by atoms with Gasteiger partial charge in [0.05, 0.1) is 16.1 Å². The van der Waals surface area contributed by atoms with Gasteiger partial charge in [-0.15, -0.1) is 0 Å². The number of halogens is 1. The Morgan fingerprint density at radius 3 is 2.64 bits per heavy atom. The summed E-state index contributed by atoms with van der Waals surface area (Å²) in [5.74, 6) is 0.624. The number of aromatic nitrogens is 4. The second-order valence-electron chi connectivity index (χ2n) is 6.74. The predicted molar refractivity (Wildman–Crippen MR) is 106 cm³/mol. The highest BCUT2D eigenvalue weighted by molar-refractivity contribution is 6.33. The molecule has 0 aromatic carbocycles. The number of nitriles is 1. The molecule has 0 N–H and O–H groups in total. The number of pyridine rings is 2. The number of nitrogens with zero attached hydrogens (tertiary/aromatic N) is 6. The first-order valence-corrected chi connectivity index (χ1v) is 9.26. The third-order valence-corrected chi connectivity index (χ3v) is 5.42. The lowest BCUT2D eigenvalue weighted by atomic mass is 10.0. The van der Waals surface area contributed by atoms with Gasteiger partial charge in [0.15, 0.2) is 5.65 Å². The molecule has 1 aliphatic rings. The van der Waals surface area contributed by atoms with E-state index < -0.39 is 11.1 Å². The third-order valence-electron chi connectivity index (χ3n) is 5.14. The summed E-state index contributed by atoms with van der Waals surface area (Å²) in [5, 5.41) is 9.38. The van der Waals surface area contributed by atoms with Gasteiger partial charge in [0, 0.05) is 38.6 Å². The average molecular weight is 397 g/mol. The fourth-order valence-electron chi connectivity index (χ4n) is 3.69. The summed E-state index contributed by atoms with van der Waals surface area (Å²) in [6.07, 6.45) is 4.42. The second kappa shape index (κ2) is 7.09. The van der Waals surface area contributed by atoms with Crippen LogP contribution >= 0.6 is 11.6 Å². The van der Waals surface area contributed by atoms with Crippen LogP contribution < -0.4 is 16.0 Å². The Hall–Kier alpha value is -3.18. The molecule has 0 atom stereocenters. The normalized spacial score (nSPS) is 15.0. The minimum atomic E-state index is -0.556. The molecule has 0 amide bonds. The van der Waals surface area contributed by atoms with Gasteiger partial charge in [0.2, 0.25) is 0 Å². The summed E-state index contributed by atoms with van der Waals surface area (Å²) in [6.45, 7) is 1.25. The van der Waals surface area contributed by atoms with Gasteiger partial charge < -0.3 is 9.47 Å². The van der Waals surface area contributed by atoms with Crippen LogP contribution in [0.1, 0.15) is 24.4 Å². The predicted octanol–water partition coefficient (Wildman–Crippen LogP) is 1.86. The summed E-state index contributed by atoms with van der Waals surface area (Å²) in [4.78, 5) is 35.8. The SMILES string of the molecule is Cn1c(=O)c(=O)n(C2CCN(c3ncc(C#N)cc3Cl)CC2)c2ncccc21. The van der Waals surface area contributed by atoms with Crippen molar-refractivity contribution in [3.05, 3.63) is 61.9 Å². The Bertz CT molecular complexity index is 1220. The lowest BCUT2D eigenvalue weighted by molar-refractivity contribution is 0.391. The molecule has 0 radical (unpaired) electrons. The number of aryl methyl sites for hydroxylation is 1. The highest BCUT2D eigenvalue weighted by atomic mass is 35.5. The summed E-state index contributed by atoms with van der Waals surface area (Å²) in [7, 11) is 1.58. The summed E-state index contributed by atoms with van der Waals surface area (Å²) in [5.41, 5.74) is 0.447. The van der Waals surface area contributed by atoms with Crippen LogP contribution in [0.5, 0.6) is 0 Å². The number of piperidine rings is 1. The van der Waals surface area contributed by atoms with Crippen molar-refractivity contribution in [2.24, 2.45) is 7.05 Å². The van der Waals surface area contributed by atoms with Gasteiger partial charge in [-0.25, -0.2) is 9.97 Å². The topological polar surface area (TPSA) is 96.8 Å². The lowest BCUT2D eigenvalue weighted by Crippen LogP contribution is -2.45. The monoisotopic (exact) mass is 396 g/mol. The van der Waals surface area contributed by atoms with Gasteiger partial charge in [-0.05, 0) is 31.0 Å². The fraction of sp³-hybridized carbons (Fsp3) is 0.316. The summed E-state index contributed by atoms with van der Waals surface area (Å²) < 4.78 is 2.87. The van der Waals surface area contributed by atoms with Gasteiger partial charge in [-0.3, -0.25) is 14.2 Å². The number of hydrogen-bond donors (Lipinski definition) is 0. The molecule has 0 unspecified atom stereocenters. The largest absolute Gasteiger partial charge is 0.355 e. The van der Waals surface area contributed by atoms with Crippen LogP contribution in [-0.4, -0.2) is 32.2 Å². The van der Waals surface area contributed by atoms with Crippen molar-refractivity contribution in [2.45, 2.75) is 18.9 Å². The quantitative estimate of drug-likeness (QED) is 0.613. The van der Waals surface area contributed by atoms with Crippen LogP contribution in [0.2, 0.25) is 5.02 Å². The Labute approximate surface area is 165 Å². The molecule has 8 nitrogen and oxygen atoms in total. The Morgan fingerprint density at radius 2 is 1.96 bits per heavy atom.